The van der Waals surface area contributed by atoms with E-state index >= 15 is 0 Å². The molecule has 0 bridgehead atoms. The number of aromatic nitrogens is 5. The van der Waals surface area contributed by atoms with Crippen LogP contribution in [0.15, 0.2) is 67.3 Å². The maximum absolute atomic E-state index is 6.40. The van der Waals surface area contributed by atoms with Gasteiger partial charge in [-0.15, -0.1) is 0 Å². The highest BCUT2D eigenvalue weighted by atomic mass is 16.5. The van der Waals surface area contributed by atoms with Gasteiger partial charge < -0.3 is 20.4 Å². The number of imidazole rings is 1. The molecule has 0 fully saturated rings. The molecule has 0 spiro atoms. The predicted molar refractivity (Wildman–Crippen MR) is 130 cm³/mol. The number of benzene rings is 2. The third-order valence-corrected chi connectivity index (χ3v) is 5.38. The van der Waals surface area contributed by atoms with E-state index < -0.39 is 0 Å². The first-order valence-corrected chi connectivity index (χ1v) is 10.5. The lowest BCUT2D eigenvalue weighted by molar-refractivity contribution is 0.459. The fraction of sp³-hybridized carbons (Fsp3) is 0.120. The first-order chi connectivity index (χ1) is 16.0. The molecule has 0 aliphatic heterocycles. The van der Waals surface area contributed by atoms with E-state index in [0.717, 1.165) is 39.2 Å². The van der Waals surface area contributed by atoms with Crippen molar-refractivity contribution in [3.63, 3.8) is 0 Å². The van der Waals surface area contributed by atoms with Gasteiger partial charge in [0.1, 0.15) is 5.75 Å². The quantitative estimate of drug-likeness (QED) is 0.366. The number of nitrogens with zero attached hydrogens (tertiary/aromatic N) is 5. The second kappa shape index (κ2) is 8.23. The zero-order valence-electron chi connectivity index (χ0n) is 18.6. The topological polar surface area (TPSA) is 104 Å². The summed E-state index contributed by atoms with van der Waals surface area (Å²) in [5, 5.41) is 3.21. The predicted octanol–water partition coefficient (Wildman–Crippen LogP) is 5.16. The van der Waals surface area contributed by atoms with Gasteiger partial charge >= 0.3 is 0 Å². The molecule has 33 heavy (non-hydrogen) atoms. The van der Waals surface area contributed by atoms with Crippen molar-refractivity contribution < 1.29 is 4.74 Å². The van der Waals surface area contributed by atoms with Gasteiger partial charge in [0.25, 0.3) is 5.88 Å². The second-order valence-electron chi connectivity index (χ2n) is 7.90. The van der Waals surface area contributed by atoms with Gasteiger partial charge in [0.2, 0.25) is 5.95 Å². The average Bonchev–Trinajstić information content (AvgIpc) is 3.19. The van der Waals surface area contributed by atoms with E-state index in [1.807, 2.05) is 61.9 Å². The summed E-state index contributed by atoms with van der Waals surface area (Å²) in [6, 6.07) is 15.6. The number of aryl methyl sites for hydroxylation is 3. The summed E-state index contributed by atoms with van der Waals surface area (Å²) in [7, 11) is 1.89. The summed E-state index contributed by atoms with van der Waals surface area (Å²) in [5.74, 6) is 1.58. The zero-order valence-corrected chi connectivity index (χ0v) is 18.6. The van der Waals surface area contributed by atoms with E-state index in [4.69, 9.17) is 10.5 Å². The maximum atomic E-state index is 6.40. The van der Waals surface area contributed by atoms with Crippen LogP contribution in [-0.4, -0.2) is 24.5 Å². The number of nitrogen functional groups attached to an aromatic ring is 1. The van der Waals surface area contributed by atoms with Crippen LogP contribution >= 0.6 is 0 Å². The number of hydrogen-bond donors (Lipinski definition) is 2. The third-order valence-electron chi connectivity index (χ3n) is 5.38. The number of anilines is 3. The molecule has 0 amide bonds. The molecule has 2 aromatic carbocycles. The molecule has 0 aliphatic rings. The second-order valence-corrected chi connectivity index (χ2v) is 7.90. The van der Waals surface area contributed by atoms with Crippen LogP contribution in [-0.2, 0) is 7.05 Å². The Bertz CT molecular complexity index is 1420. The Hall–Kier alpha value is -4.46. The lowest BCUT2D eigenvalue weighted by Gasteiger charge is -2.15. The minimum Gasteiger partial charge on any atom is -0.436 e. The number of pyridine rings is 1. The Balaban J connectivity index is 1.54. The molecular formula is C25H23N7O. The molecule has 0 unspecified atom stereocenters. The van der Waals surface area contributed by atoms with Crippen LogP contribution in [0, 0.1) is 13.8 Å². The molecule has 8 heteroatoms. The Morgan fingerprint density at radius 1 is 0.909 bits per heavy atom. The summed E-state index contributed by atoms with van der Waals surface area (Å²) in [5.41, 5.74) is 12.8. The van der Waals surface area contributed by atoms with Gasteiger partial charge in [0.05, 0.1) is 6.33 Å². The molecule has 3 aromatic heterocycles. The molecule has 0 saturated carbocycles. The number of hydrogen-bond acceptors (Lipinski definition) is 7. The Labute approximate surface area is 191 Å². The molecule has 164 valence electrons. The highest BCUT2D eigenvalue weighted by Gasteiger charge is 2.17. The lowest BCUT2D eigenvalue weighted by atomic mass is 10.0. The molecule has 5 rings (SSSR count). The monoisotopic (exact) mass is 437 g/mol. The summed E-state index contributed by atoms with van der Waals surface area (Å²) >= 11 is 0. The Morgan fingerprint density at radius 3 is 2.30 bits per heavy atom. The normalized spacial score (nSPS) is 11.0. The van der Waals surface area contributed by atoms with E-state index in [1.54, 1.807) is 18.7 Å². The third kappa shape index (κ3) is 4.06. The van der Waals surface area contributed by atoms with Crippen LogP contribution in [0.1, 0.15) is 11.1 Å². The highest BCUT2D eigenvalue weighted by Crippen LogP contribution is 2.35. The standard InChI is InChI=1S/C25H23N7O/c1-15-12-18(17-8-10-27-11-9-17)13-16(2)22(15)33-24-21-23(28-14-32(21)3)30-25(31-24)29-20-6-4-19(26)5-7-20/h4-14H,26H2,1-3H3,(H,29,30,31). The maximum Gasteiger partial charge on any atom is 0.250 e. The van der Waals surface area contributed by atoms with Gasteiger partial charge in [-0.2, -0.15) is 9.97 Å². The van der Waals surface area contributed by atoms with Crippen molar-refractivity contribution in [2.45, 2.75) is 13.8 Å². The zero-order chi connectivity index (χ0) is 22.9. The van der Waals surface area contributed by atoms with E-state index in [2.05, 4.69) is 37.4 Å². The smallest absolute Gasteiger partial charge is 0.250 e. The minimum atomic E-state index is 0.393. The Kier molecular flexibility index (Phi) is 5.10. The molecule has 0 aliphatic carbocycles. The van der Waals surface area contributed by atoms with Gasteiger partial charge in [-0.3, -0.25) is 4.98 Å². The molecule has 3 N–H and O–H groups in total. The first kappa shape index (κ1) is 20.4. The SMILES string of the molecule is Cc1cc(-c2ccncc2)cc(C)c1Oc1nc(Nc2ccc(N)cc2)nc2ncn(C)c12. The molecule has 8 nitrogen and oxygen atoms in total. The lowest BCUT2D eigenvalue weighted by Crippen LogP contribution is -2.03. The van der Waals surface area contributed by atoms with Crippen molar-refractivity contribution >= 4 is 28.5 Å². The van der Waals surface area contributed by atoms with Crippen LogP contribution < -0.4 is 15.8 Å². The number of rotatable bonds is 5. The molecule has 0 radical (unpaired) electrons. The van der Waals surface area contributed by atoms with E-state index in [-0.39, 0.29) is 0 Å². The van der Waals surface area contributed by atoms with Crippen molar-refractivity contribution in [1.82, 2.24) is 24.5 Å². The number of ether oxygens (including phenoxy) is 1. The summed E-state index contributed by atoms with van der Waals surface area (Å²) in [6.45, 7) is 4.06. The molecule has 0 saturated heterocycles. The van der Waals surface area contributed by atoms with Crippen LogP contribution in [0.2, 0.25) is 0 Å². The number of nitrogens with one attached hydrogen (secondary N) is 1. The molecular weight excluding hydrogens is 414 g/mol. The van der Waals surface area contributed by atoms with Crippen LogP contribution in [0.4, 0.5) is 17.3 Å². The summed E-state index contributed by atoms with van der Waals surface area (Å²) in [6.07, 6.45) is 5.28. The molecule has 0 atom stereocenters. The van der Waals surface area contributed by atoms with Crippen molar-refractivity contribution in [3.05, 3.63) is 78.4 Å². The summed E-state index contributed by atoms with van der Waals surface area (Å²) < 4.78 is 8.25. The van der Waals surface area contributed by atoms with Crippen molar-refractivity contribution in [2.75, 3.05) is 11.1 Å². The van der Waals surface area contributed by atoms with Gasteiger partial charge in [0.15, 0.2) is 11.2 Å². The van der Waals surface area contributed by atoms with E-state index in [9.17, 15) is 0 Å². The van der Waals surface area contributed by atoms with Gasteiger partial charge in [-0.25, -0.2) is 4.98 Å². The van der Waals surface area contributed by atoms with Crippen molar-refractivity contribution in [3.8, 4) is 22.8 Å². The highest BCUT2D eigenvalue weighted by molar-refractivity contribution is 5.79. The van der Waals surface area contributed by atoms with Crippen LogP contribution in [0.25, 0.3) is 22.3 Å². The van der Waals surface area contributed by atoms with Crippen molar-refractivity contribution in [1.29, 1.82) is 0 Å². The fourth-order valence-corrected chi connectivity index (χ4v) is 3.76. The minimum absolute atomic E-state index is 0.393. The summed E-state index contributed by atoms with van der Waals surface area (Å²) in [4.78, 5) is 17.7. The first-order valence-electron chi connectivity index (χ1n) is 10.5. The van der Waals surface area contributed by atoms with Crippen LogP contribution in [0.5, 0.6) is 11.6 Å². The molecule has 5 aromatic rings. The number of fused-ring (bicyclic) bond motifs is 1. The molecule has 3 heterocycles. The van der Waals surface area contributed by atoms with Crippen LogP contribution in [0.3, 0.4) is 0 Å². The van der Waals surface area contributed by atoms with Gasteiger partial charge in [-0.05, 0) is 84.6 Å². The van der Waals surface area contributed by atoms with Gasteiger partial charge in [0, 0.05) is 30.8 Å². The van der Waals surface area contributed by atoms with E-state index in [1.165, 1.54) is 0 Å². The van der Waals surface area contributed by atoms with Crippen molar-refractivity contribution in [2.24, 2.45) is 7.05 Å². The number of nitrogens with two attached hydrogens (primary N) is 1. The Morgan fingerprint density at radius 2 is 1.61 bits per heavy atom. The largest absolute Gasteiger partial charge is 0.436 e. The van der Waals surface area contributed by atoms with E-state index in [0.29, 0.717) is 23.2 Å². The average molecular weight is 438 g/mol. The van der Waals surface area contributed by atoms with Gasteiger partial charge in [-0.1, -0.05) is 0 Å². The fourth-order valence-electron chi connectivity index (χ4n) is 3.76.